The van der Waals surface area contributed by atoms with Gasteiger partial charge in [0.2, 0.25) is 5.82 Å². The van der Waals surface area contributed by atoms with Gasteiger partial charge in [-0.3, -0.25) is 9.59 Å². The second-order valence-corrected chi connectivity index (χ2v) is 4.14. The summed E-state index contributed by atoms with van der Waals surface area (Å²) in [4.78, 5) is 25.5. The molecule has 0 radical (unpaired) electrons. The first-order valence-electron chi connectivity index (χ1n) is 5.75. The number of hydrogen-bond donors (Lipinski definition) is 1. The van der Waals surface area contributed by atoms with Crippen LogP contribution in [0.1, 0.15) is 5.82 Å². The summed E-state index contributed by atoms with van der Waals surface area (Å²) in [6.45, 7) is -1.41. The molecule has 2 rings (SSSR count). The van der Waals surface area contributed by atoms with Crippen LogP contribution in [0, 0.1) is 0 Å². The Kier molecular flexibility index (Phi) is 3.83. The molecule has 1 heterocycles. The van der Waals surface area contributed by atoms with Crippen molar-refractivity contribution in [3.63, 3.8) is 0 Å². The van der Waals surface area contributed by atoms with Crippen LogP contribution in [-0.2, 0) is 27.0 Å². The molecular weight excluding hydrogens is 291 g/mol. The Morgan fingerprint density at radius 1 is 1.29 bits per heavy atom. The molecular formula is C12H10F3N3O3. The number of nitrogens with zero attached hydrogens (tertiary/aromatic N) is 2. The third kappa shape index (κ3) is 3.30. The Hall–Kier alpha value is -2.58. The molecule has 0 saturated heterocycles. The fourth-order valence-electron chi connectivity index (χ4n) is 1.78. The summed E-state index contributed by atoms with van der Waals surface area (Å²) in [5.41, 5.74) is 5.03. The minimum atomic E-state index is -4.72. The highest BCUT2D eigenvalue weighted by Gasteiger charge is 2.38. The van der Waals surface area contributed by atoms with Crippen LogP contribution in [0.2, 0.25) is 0 Å². The number of aromatic nitrogens is 2. The van der Waals surface area contributed by atoms with E-state index in [1.165, 1.54) is 24.3 Å². The quantitative estimate of drug-likeness (QED) is 0.856. The van der Waals surface area contributed by atoms with E-state index in [1.807, 2.05) is 0 Å². The van der Waals surface area contributed by atoms with Gasteiger partial charge >= 0.3 is 12.1 Å². The fourth-order valence-corrected chi connectivity index (χ4v) is 1.78. The molecule has 0 unspecified atom stereocenters. The van der Waals surface area contributed by atoms with Gasteiger partial charge < -0.3 is 15.0 Å². The minimum Gasteiger partial charge on any atom is -0.454 e. The first-order chi connectivity index (χ1) is 9.79. The van der Waals surface area contributed by atoms with Gasteiger partial charge in [-0.05, 0) is 12.1 Å². The number of fused-ring (bicyclic) bond motifs is 1. The smallest absolute Gasteiger partial charge is 0.449 e. The summed E-state index contributed by atoms with van der Waals surface area (Å²) in [5, 5.41) is 0. The van der Waals surface area contributed by atoms with Crippen LogP contribution in [0.3, 0.4) is 0 Å². The van der Waals surface area contributed by atoms with E-state index >= 15 is 0 Å². The van der Waals surface area contributed by atoms with E-state index in [9.17, 15) is 22.8 Å². The molecule has 2 N–H and O–H groups in total. The highest BCUT2D eigenvalue weighted by atomic mass is 19.4. The number of nitrogens with two attached hydrogens (primary N) is 1. The normalized spacial score (nSPS) is 11.6. The molecule has 0 aliphatic carbocycles. The molecule has 1 aromatic heterocycles. The van der Waals surface area contributed by atoms with Gasteiger partial charge in [0.15, 0.2) is 6.61 Å². The Bertz CT molecular complexity index is 694. The topological polar surface area (TPSA) is 87.2 Å². The number of imidazole rings is 1. The first-order valence-corrected chi connectivity index (χ1v) is 5.75. The number of para-hydroxylation sites is 2. The zero-order valence-electron chi connectivity index (χ0n) is 10.6. The largest absolute Gasteiger partial charge is 0.454 e. The second-order valence-electron chi connectivity index (χ2n) is 4.14. The van der Waals surface area contributed by atoms with Crippen LogP contribution >= 0.6 is 0 Å². The number of ether oxygens (including phenoxy) is 1. The van der Waals surface area contributed by atoms with E-state index in [2.05, 4.69) is 9.72 Å². The Morgan fingerprint density at radius 2 is 1.95 bits per heavy atom. The van der Waals surface area contributed by atoms with Crippen molar-refractivity contribution in [3.8, 4) is 0 Å². The standard InChI is InChI=1S/C12H10F3N3O3/c13-12(14,15)11-17-7-3-1-2-4-8(7)18(11)5-10(20)21-6-9(16)19/h1-4H,5-6H2,(H2,16,19). The average molecular weight is 301 g/mol. The summed E-state index contributed by atoms with van der Waals surface area (Å²) in [5.74, 6) is -3.11. The van der Waals surface area contributed by atoms with Crippen molar-refractivity contribution in [3.05, 3.63) is 30.1 Å². The maximum atomic E-state index is 12.9. The molecule has 0 saturated carbocycles. The number of carbonyl (C=O) groups is 2. The summed E-state index contributed by atoms with van der Waals surface area (Å²) >= 11 is 0. The lowest BCUT2D eigenvalue weighted by Gasteiger charge is -2.10. The van der Waals surface area contributed by atoms with Crippen LogP contribution in [0.5, 0.6) is 0 Å². The highest BCUT2D eigenvalue weighted by Crippen LogP contribution is 2.31. The molecule has 0 aliphatic heterocycles. The van der Waals surface area contributed by atoms with Gasteiger partial charge in [0.25, 0.3) is 5.91 Å². The first kappa shape index (κ1) is 14.8. The maximum Gasteiger partial charge on any atom is 0.449 e. The van der Waals surface area contributed by atoms with E-state index in [0.717, 1.165) is 0 Å². The predicted molar refractivity (Wildman–Crippen MR) is 64.9 cm³/mol. The second kappa shape index (κ2) is 5.43. The van der Waals surface area contributed by atoms with Crippen molar-refractivity contribution in [2.75, 3.05) is 6.61 Å². The molecule has 112 valence electrons. The van der Waals surface area contributed by atoms with Crippen molar-refractivity contribution in [1.82, 2.24) is 9.55 Å². The van der Waals surface area contributed by atoms with Gasteiger partial charge in [-0.1, -0.05) is 12.1 Å². The molecule has 0 atom stereocenters. The zero-order valence-corrected chi connectivity index (χ0v) is 10.6. The Morgan fingerprint density at radius 3 is 2.57 bits per heavy atom. The zero-order chi connectivity index (χ0) is 15.6. The van der Waals surface area contributed by atoms with Crippen LogP contribution in [-0.4, -0.2) is 28.0 Å². The van der Waals surface area contributed by atoms with Crippen LogP contribution in [0.4, 0.5) is 13.2 Å². The van der Waals surface area contributed by atoms with Gasteiger partial charge in [-0.2, -0.15) is 13.2 Å². The monoisotopic (exact) mass is 301 g/mol. The molecule has 21 heavy (non-hydrogen) atoms. The number of primary amides is 1. The number of alkyl halides is 3. The van der Waals surface area contributed by atoms with Crippen molar-refractivity contribution < 1.29 is 27.5 Å². The van der Waals surface area contributed by atoms with Gasteiger partial charge in [-0.15, -0.1) is 0 Å². The van der Waals surface area contributed by atoms with Gasteiger partial charge in [0.1, 0.15) is 6.54 Å². The number of halogens is 3. The molecule has 1 aromatic carbocycles. The Balaban J connectivity index is 2.37. The van der Waals surface area contributed by atoms with Gasteiger partial charge in [0.05, 0.1) is 11.0 Å². The molecule has 0 bridgehead atoms. The number of benzene rings is 1. The van der Waals surface area contributed by atoms with Crippen LogP contribution in [0.15, 0.2) is 24.3 Å². The number of rotatable bonds is 4. The SMILES string of the molecule is NC(=O)COC(=O)Cn1c(C(F)(F)F)nc2ccccc21. The van der Waals surface area contributed by atoms with E-state index in [4.69, 9.17) is 5.73 Å². The molecule has 2 aromatic rings. The van der Waals surface area contributed by atoms with Gasteiger partial charge in [-0.25, -0.2) is 4.98 Å². The summed E-state index contributed by atoms with van der Waals surface area (Å²) in [7, 11) is 0. The third-order valence-electron chi connectivity index (χ3n) is 2.57. The maximum absolute atomic E-state index is 12.9. The summed E-state index contributed by atoms with van der Waals surface area (Å²) in [6.07, 6.45) is -4.72. The highest BCUT2D eigenvalue weighted by molar-refractivity contribution is 5.81. The van der Waals surface area contributed by atoms with Crippen molar-refractivity contribution in [2.24, 2.45) is 5.73 Å². The van der Waals surface area contributed by atoms with Crippen molar-refractivity contribution >= 4 is 22.9 Å². The molecule has 6 nitrogen and oxygen atoms in total. The summed E-state index contributed by atoms with van der Waals surface area (Å²) in [6, 6.07) is 5.86. The third-order valence-corrected chi connectivity index (χ3v) is 2.57. The lowest BCUT2D eigenvalue weighted by molar-refractivity contribution is -0.152. The summed E-state index contributed by atoms with van der Waals surface area (Å²) < 4.78 is 44.0. The molecule has 0 spiro atoms. The predicted octanol–water partition coefficient (Wildman–Crippen LogP) is 1.08. The Labute approximate surface area is 116 Å². The molecule has 1 amide bonds. The van der Waals surface area contributed by atoms with Gasteiger partial charge in [0, 0.05) is 0 Å². The number of carbonyl (C=O) groups excluding carboxylic acids is 2. The number of amides is 1. The molecule has 0 aliphatic rings. The van der Waals surface area contributed by atoms with E-state index in [0.29, 0.717) is 4.57 Å². The van der Waals surface area contributed by atoms with Crippen LogP contribution in [0.25, 0.3) is 11.0 Å². The van der Waals surface area contributed by atoms with Crippen LogP contribution < -0.4 is 5.73 Å². The van der Waals surface area contributed by atoms with Crippen molar-refractivity contribution in [2.45, 2.75) is 12.7 Å². The fraction of sp³-hybridized carbons (Fsp3) is 0.250. The van der Waals surface area contributed by atoms with Crippen molar-refractivity contribution in [1.29, 1.82) is 0 Å². The lowest BCUT2D eigenvalue weighted by Crippen LogP contribution is -2.25. The number of hydrogen-bond acceptors (Lipinski definition) is 4. The van der Waals surface area contributed by atoms with E-state index < -0.39 is 37.0 Å². The lowest BCUT2D eigenvalue weighted by atomic mass is 10.3. The molecule has 9 heteroatoms. The van der Waals surface area contributed by atoms with E-state index in [-0.39, 0.29) is 11.0 Å². The van der Waals surface area contributed by atoms with E-state index in [1.54, 1.807) is 0 Å². The molecule has 0 fully saturated rings. The minimum absolute atomic E-state index is 0.104. The number of esters is 1. The average Bonchev–Trinajstić information content (AvgIpc) is 2.75.